The standard InChI is InChI=1S/C21H24N2O3/c1-26-19-10-17(11-22-12-19)20(16-8-18(24)9-16)23-21(25)15-6-5-13-3-2-4-14(13)7-15/h5-7,10-12,16,18,20,24H,2-4,8-9H2,1H3,(H,23,25)/t16?,18?,20-/m1/s1. The predicted molar refractivity (Wildman–Crippen MR) is 98.2 cm³/mol. The van der Waals surface area contributed by atoms with Gasteiger partial charge in [0.15, 0.2) is 0 Å². The third kappa shape index (κ3) is 3.31. The number of ether oxygens (including phenoxy) is 1. The molecule has 2 aromatic rings. The molecule has 1 fully saturated rings. The summed E-state index contributed by atoms with van der Waals surface area (Å²) in [5.74, 6) is 0.797. The smallest absolute Gasteiger partial charge is 0.251 e. The Hall–Kier alpha value is -2.40. The van der Waals surface area contributed by atoms with Crippen LogP contribution in [0.2, 0.25) is 0 Å². The van der Waals surface area contributed by atoms with Crippen LogP contribution in [0.4, 0.5) is 0 Å². The van der Waals surface area contributed by atoms with Crippen LogP contribution in [-0.2, 0) is 12.8 Å². The summed E-state index contributed by atoms with van der Waals surface area (Å²) in [4.78, 5) is 17.1. The van der Waals surface area contributed by atoms with E-state index in [1.807, 2.05) is 18.2 Å². The van der Waals surface area contributed by atoms with Crippen LogP contribution in [-0.4, -0.2) is 29.2 Å². The first-order chi connectivity index (χ1) is 12.6. The van der Waals surface area contributed by atoms with Crippen LogP contribution in [0.15, 0.2) is 36.7 Å². The Balaban J connectivity index is 1.57. The van der Waals surface area contributed by atoms with E-state index in [1.54, 1.807) is 19.5 Å². The quantitative estimate of drug-likeness (QED) is 0.868. The lowest BCUT2D eigenvalue weighted by Gasteiger charge is -2.38. The number of methoxy groups -OCH3 is 1. The van der Waals surface area contributed by atoms with Crippen LogP contribution < -0.4 is 10.1 Å². The molecule has 1 aromatic heterocycles. The fourth-order valence-corrected chi connectivity index (χ4v) is 4.03. The van der Waals surface area contributed by atoms with Crippen LogP contribution >= 0.6 is 0 Å². The zero-order valence-electron chi connectivity index (χ0n) is 14.9. The second kappa shape index (κ2) is 7.08. The number of nitrogens with one attached hydrogen (secondary N) is 1. The van der Waals surface area contributed by atoms with Gasteiger partial charge in [0.05, 0.1) is 25.5 Å². The van der Waals surface area contributed by atoms with Crippen LogP contribution in [0.1, 0.15) is 52.4 Å². The lowest BCUT2D eigenvalue weighted by atomic mass is 9.75. The fraction of sp³-hybridized carbons (Fsp3) is 0.429. The maximum absolute atomic E-state index is 12.9. The largest absolute Gasteiger partial charge is 0.495 e. The maximum atomic E-state index is 12.9. The van der Waals surface area contributed by atoms with Crippen molar-refractivity contribution in [2.45, 2.75) is 44.2 Å². The molecule has 0 aliphatic heterocycles. The van der Waals surface area contributed by atoms with E-state index in [0.29, 0.717) is 24.2 Å². The van der Waals surface area contributed by atoms with Gasteiger partial charge in [0.2, 0.25) is 0 Å². The normalized spacial score (nSPS) is 22.2. The number of carbonyl (C=O) groups excluding carboxylic acids is 1. The van der Waals surface area contributed by atoms with Crippen molar-refractivity contribution in [1.29, 1.82) is 0 Å². The van der Waals surface area contributed by atoms with Gasteiger partial charge in [0.25, 0.3) is 5.91 Å². The molecule has 26 heavy (non-hydrogen) atoms. The van der Waals surface area contributed by atoms with Gasteiger partial charge in [-0.1, -0.05) is 6.07 Å². The van der Waals surface area contributed by atoms with Crippen molar-refractivity contribution >= 4 is 5.91 Å². The summed E-state index contributed by atoms with van der Waals surface area (Å²) in [7, 11) is 1.60. The molecule has 136 valence electrons. The van der Waals surface area contributed by atoms with Crippen molar-refractivity contribution in [2.75, 3.05) is 7.11 Å². The number of amides is 1. The molecule has 2 aliphatic rings. The van der Waals surface area contributed by atoms with Gasteiger partial charge in [0, 0.05) is 11.8 Å². The molecular formula is C21H24N2O3. The molecule has 5 heteroatoms. The molecule has 1 amide bonds. The van der Waals surface area contributed by atoms with E-state index in [2.05, 4.69) is 16.4 Å². The number of aliphatic hydroxyl groups excluding tert-OH is 1. The van der Waals surface area contributed by atoms with Crippen molar-refractivity contribution in [3.63, 3.8) is 0 Å². The number of aliphatic hydroxyl groups is 1. The van der Waals surface area contributed by atoms with Gasteiger partial charge in [-0.05, 0) is 72.9 Å². The highest BCUT2D eigenvalue weighted by molar-refractivity contribution is 5.94. The van der Waals surface area contributed by atoms with Crippen molar-refractivity contribution in [3.8, 4) is 5.75 Å². The minimum atomic E-state index is -0.280. The Morgan fingerprint density at radius 2 is 2.04 bits per heavy atom. The fourth-order valence-electron chi connectivity index (χ4n) is 4.03. The topological polar surface area (TPSA) is 71.5 Å². The van der Waals surface area contributed by atoms with E-state index in [9.17, 15) is 9.90 Å². The first kappa shape index (κ1) is 17.0. The van der Waals surface area contributed by atoms with Gasteiger partial charge in [-0.15, -0.1) is 0 Å². The van der Waals surface area contributed by atoms with Crippen LogP contribution in [0.25, 0.3) is 0 Å². The minimum absolute atomic E-state index is 0.0751. The summed E-state index contributed by atoms with van der Waals surface area (Å²) in [6.45, 7) is 0. The van der Waals surface area contributed by atoms with Crippen molar-refractivity contribution in [2.24, 2.45) is 5.92 Å². The highest BCUT2D eigenvalue weighted by Gasteiger charge is 2.36. The second-order valence-electron chi connectivity index (χ2n) is 7.33. The van der Waals surface area contributed by atoms with Gasteiger partial charge in [0.1, 0.15) is 5.75 Å². The number of rotatable bonds is 5. The molecule has 1 aromatic carbocycles. The lowest BCUT2D eigenvalue weighted by molar-refractivity contribution is 0.0234. The Kier molecular flexibility index (Phi) is 4.64. The van der Waals surface area contributed by atoms with Crippen LogP contribution in [0.5, 0.6) is 5.75 Å². The molecule has 2 N–H and O–H groups in total. The molecule has 0 bridgehead atoms. The summed E-state index contributed by atoms with van der Waals surface area (Å²) in [5.41, 5.74) is 4.26. The number of hydrogen-bond acceptors (Lipinski definition) is 4. The van der Waals surface area contributed by atoms with Crippen molar-refractivity contribution in [3.05, 3.63) is 58.9 Å². The molecule has 0 unspecified atom stereocenters. The molecule has 0 radical (unpaired) electrons. The van der Waals surface area contributed by atoms with E-state index in [4.69, 9.17) is 4.74 Å². The van der Waals surface area contributed by atoms with E-state index in [-0.39, 0.29) is 24.0 Å². The Morgan fingerprint density at radius 3 is 2.81 bits per heavy atom. The first-order valence-corrected chi connectivity index (χ1v) is 9.23. The van der Waals surface area contributed by atoms with Crippen LogP contribution in [0.3, 0.4) is 0 Å². The third-order valence-corrected chi connectivity index (χ3v) is 5.60. The number of aryl methyl sites for hydroxylation is 2. The van der Waals surface area contributed by atoms with Crippen molar-refractivity contribution < 1.29 is 14.6 Å². The number of pyridine rings is 1. The predicted octanol–water partition coefficient (Wildman–Crippen LogP) is 2.82. The monoisotopic (exact) mass is 352 g/mol. The zero-order chi connectivity index (χ0) is 18.1. The minimum Gasteiger partial charge on any atom is -0.495 e. The Bertz CT molecular complexity index is 815. The average Bonchev–Trinajstić information content (AvgIpc) is 3.11. The van der Waals surface area contributed by atoms with Gasteiger partial charge < -0.3 is 15.2 Å². The maximum Gasteiger partial charge on any atom is 0.251 e. The molecule has 2 aliphatic carbocycles. The molecule has 0 saturated heterocycles. The number of benzene rings is 1. The summed E-state index contributed by atoms with van der Waals surface area (Å²) < 4.78 is 5.27. The average molecular weight is 352 g/mol. The van der Waals surface area contributed by atoms with E-state index < -0.39 is 0 Å². The number of nitrogens with zero attached hydrogens (tertiary/aromatic N) is 1. The number of aromatic nitrogens is 1. The van der Waals surface area contributed by atoms with Gasteiger partial charge in [-0.25, -0.2) is 0 Å². The van der Waals surface area contributed by atoms with Gasteiger partial charge in [-0.2, -0.15) is 0 Å². The number of carbonyl (C=O) groups is 1. The Morgan fingerprint density at radius 1 is 1.23 bits per heavy atom. The lowest BCUT2D eigenvalue weighted by Crippen LogP contribution is -2.41. The van der Waals surface area contributed by atoms with Gasteiger partial charge >= 0.3 is 0 Å². The van der Waals surface area contributed by atoms with E-state index in [0.717, 1.165) is 18.4 Å². The number of fused-ring (bicyclic) bond motifs is 1. The summed E-state index contributed by atoms with van der Waals surface area (Å²) >= 11 is 0. The third-order valence-electron chi connectivity index (χ3n) is 5.60. The molecule has 4 rings (SSSR count). The second-order valence-corrected chi connectivity index (χ2v) is 7.33. The summed E-state index contributed by atoms with van der Waals surface area (Å²) in [5, 5.41) is 12.9. The zero-order valence-corrected chi connectivity index (χ0v) is 14.9. The molecule has 1 saturated carbocycles. The molecule has 1 heterocycles. The molecule has 5 nitrogen and oxygen atoms in total. The summed E-state index contributed by atoms with van der Waals surface area (Å²) in [6, 6.07) is 7.74. The SMILES string of the molecule is COc1cncc([C@H](NC(=O)c2ccc3c(c2)CCC3)C2CC(O)C2)c1. The number of hydrogen-bond donors (Lipinski definition) is 2. The molecule has 1 atom stereocenters. The van der Waals surface area contributed by atoms with Crippen LogP contribution in [0, 0.1) is 5.92 Å². The van der Waals surface area contributed by atoms with Gasteiger partial charge in [-0.3, -0.25) is 9.78 Å². The van der Waals surface area contributed by atoms with E-state index >= 15 is 0 Å². The molecular weight excluding hydrogens is 328 g/mol. The highest BCUT2D eigenvalue weighted by Crippen LogP contribution is 2.38. The van der Waals surface area contributed by atoms with Crippen molar-refractivity contribution in [1.82, 2.24) is 10.3 Å². The molecule has 0 spiro atoms. The first-order valence-electron chi connectivity index (χ1n) is 9.23. The van der Waals surface area contributed by atoms with E-state index in [1.165, 1.54) is 17.5 Å². The highest BCUT2D eigenvalue weighted by atomic mass is 16.5. The summed E-state index contributed by atoms with van der Waals surface area (Å²) in [6.07, 6.45) is 7.83. The Labute approximate surface area is 153 Å².